The molecule has 0 amide bonds. The van der Waals surface area contributed by atoms with Crippen molar-refractivity contribution < 1.29 is 9.13 Å². The summed E-state index contributed by atoms with van der Waals surface area (Å²) in [5.74, 6) is 2.01. The summed E-state index contributed by atoms with van der Waals surface area (Å²) in [5, 5.41) is 8.35. The Morgan fingerprint density at radius 1 is 1.00 bits per heavy atom. The first-order chi connectivity index (χ1) is 14.2. The van der Waals surface area contributed by atoms with Crippen LogP contribution in [0.25, 0.3) is 11.3 Å². The van der Waals surface area contributed by atoms with E-state index in [1.165, 1.54) is 44.9 Å². The molecule has 3 rings (SSSR count). The molecule has 0 radical (unpaired) electrons. The maximum atomic E-state index is 14.6. The molecule has 1 aliphatic carbocycles. The number of aryl methyl sites for hydroxylation is 1. The molecule has 0 N–H and O–H groups in total. The van der Waals surface area contributed by atoms with Gasteiger partial charge in [-0.25, -0.2) is 4.39 Å². The minimum atomic E-state index is -0.135. The van der Waals surface area contributed by atoms with E-state index in [1.807, 2.05) is 24.3 Å². The first kappa shape index (κ1) is 21.7. The van der Waals surface area contributed by atoms with Crippen LogP contribution in [0.1, 0.15) is 77.2 Å². The summed E-state index contributed by atoms with van der Waals surface area (Å²) in [5.41, 5.74) is 2.25. The van der Waals surface area contributed by atoms with Gasteiger partial charge in [-0.3, -0.25) is 0 Å². The third kappa shape index (κ3) is 6.80. The number of aromatic nitrogens is 2. The van der Waals surface area contributed by atoms with Gasteiger partial charge in [-0.1, -0.05) is 70.9 Å². The standard InChI is InChI=1S/C25H35FN2O/c1-3-4-5-6-17-29-25-16-15-24(27-28-25)22-14-13-21(23(26)18-22)12-11-20-9-7-19(2)8-10-20/h13-16,18-20H,3-12,17H2,1-2H3. The Hall–Kier alpha value is -1.97. The Morgan fingerprint density at radius 3 is 2.52 bits per heavy atom. The molecule has 1 heterocycles. The summed E-state index contributed by atoms with van der Waals surface area (Å²) in [6, 6.07) is 9.13. The smallest absolute Gasteiger partial charge is 0.233 e. The van der Waals surface area contributed by atoms with E-state index in [0.717, 1.165) is 42.2 Å². The van der Waals surface area contributed by atoms with Gasteiger partial charge in [-0.05, 0) is 48.8 Å². The van der Waals surface area contributed by atoms with Crippen molar-refractivity contribution >= 4 is 0 Å². The lowest BCUT2D eigenvalue weighted by Gasteiger charge is -2.26. The molecule has 0 saturated heterocycles. The largest absolute Gasteiger partial charge is 0.477 e. The lowest BCUT2D eigenvalue weighted by molar-refractivity contribution is 0.277. The van der Waals surface area contributed by atoms with Crippen molar-refractivity contribution in [3.63, 3.8) is 0 Å². The van der Waals surface area contributed by atoms with Crippen LogP contribution in [-0.2, 0) is 6.42 Å². The molecule has 0 atom stereocenters. The van der Waals surface area contributed by atoms with Crippen LogP contribution in [-0.4, -0.2) is 16.8 Å². The quantitative estimate of drug-likeness (QED) is 0.404. The van der Waals surface area contributed by atoms with Crippen LogP contribution in [0.4, 0.5) is 4.39 Å². The monoisotopic (exact) mass is 398 g/mol. The van der Waals surface area contributed by atoms with Crippen LogP contribution in [0.3, 0.4) is 0 Å². The molecular formula is C25H35FN2O. The lowest BCUT2D eigenvalue weighted by Crippen LogP contribution is -2.13. The molecule has 29 heavy (non-hydrogen) atoms. The van der Waals surface area contributed by atoms with E-state index >= 15 is 0 Å². The zero-order valence-corrected chi connectivity index (χ0v) is 18.0. The molecule has 1 aromatic carbocycles. The molecule has 3 nitrogen and oxygen atoms in total. The summed E-state index contributed by atoms with van der Waals surface area (Å²) in [6.45, 7) is 5.19. The SMILES string of the molecule is CCCCCCOc1ccc(-c2ccc(CCC3CCC(C)CC3)c(F)c2)nn1. The minimum absolute atomic E-state index is 0.135. The molecule has 2 aromatic rings. The van der Waals surface area contributed by atoms with Crippen molar-refractivity contribution in [2.45, 2.75) is 78.1 Å². The van der Waals surface area contributed by atoms with Crippen LogP contribution < -0.4 is 4.74 Å². The summed E-state index contributed by atoms with van der Waals surface area (Å²) in [6.07, 6.45) is 11.8. The second-order valence-electron chi connectivity index (χ2n) is 8.64. The topological polar surface area (TPSA) is 35.0 Å². The average Bonchev–Trinajstić information content (AvgIpc) is 2.74. The van der Waals surface area contributed by atoms with Crippen molar-refractivity contribution in [1.29, 1.82) is 0 Å². The molecule has 1 saturated carbocycles. The van der Waals surface area contributed by atoms with Crippen molar-refractivity contribution in [2.24, 2.45) is 11.8 Å². The van der Waals surface area contributed by atoms with E-state index in [9.17, 15) is 4.39 Å². The van der Waals surface area contributed by atoms with E-state index < -0.39 is 0 Å². The normalized spacial score (nSPS) is 19.3. The maximum absolute atomic E-state index is 14.6. The maximum Gasteiger partial charge on any atom is 0.233 e. The number of hydrogen-bond acceptors (Lipinski definition) is 3. The first-order valence-corrected chi connectivity index (χ1v) is 11.4. The van der Waals surface area contributed by atoms with Gasteiger partial charge in [0.05, 0.1) is 12.3 Å². The van der Waals surface area contributed by atoms with Gasteiger partial charge in [0.25, 0.3) is 0 Å². The summed E-state index contributed by atoms with van der Waals surface area (Å²) in [7, 11) is 0. The van der Waals surface area contributed by atoms with Crippen LogP contribution in [0.2, 0.25) is 0 Å². The highest BCUT2D eigenvalue weighted by Crippen LogP contribution is 2.31. The Kier molecular flexibility index (Phi) is 8.45. The number of rotatable bonds is 10. The van der Waals surface area contributed by atoms with Crippen molar-refractivity contribution in [3.05, 3.63) is 41.7 Å². The number of hydrogen-bond donors (Lipinski definition) is 0. The number of halogens is 1. The van der Waals surface area contributed by atoms with E-state index in [4.69, 9.17) is 4.74 Å². The molecule has 4 heteroatoms. The second-order valence-corrected chi connectivity index (χ2v) is 8.64. The minimum Gasteiger partial charge on any atom is -0.477 e. The van der Waals surface area contributed by atoms with Crippen LogP contribution in [0, 0.1) is 17.7 Å². The number of nitrogens with zero attached hydrogens (tertiary/aromatic N) is 2. The Morgan fingerprint density at radius 2 is 1.83 bits per heavy atom. The molecule has 0 spiro atoms. The molecule has 0 bridgehead atoms. The molecule has 1 aliphatic rings. The molecular weight excluding hydrogens is 363 g/mol. The zero-order valence-electron chi connectivity index (χ0n) is 18.0. The number of benzene rings is 1. The highest BCUT2D eigenvalue weighted by molar-refractivity contribution is 5.59. The molecule has 0 aliphatic heterocycles. The predicted molar refractivity (Wildman–Crippen MR) is 117 cm³/mol. The summed E-state index contributed by atoms with van der Waals surface area (Å²) >= 11 is 0. The van der Waals surface area contributed by atoms with Gasteiger partial charge in [-0.2, -0.15) is 0 Å². The van der Waals surface area contributed by atoms with E-state index in [1.54, 1.807) is 6.07 Å². The average molecular weight is 399 g/mol. The van der Waals surface area contributed by atoms with Gasteiger partial charge in [0.1, 0.15) is 5.82 Å². The summed E-state index contributed by atoms with van der Waals surface area (Å²) in [4.78, 5) is 0. The fourth-order valence-corrected chi connectivity index (χ4v) is 4.14. The third-order valence-corrected chi connectivity index (χ3v) is 6.19. The van der Waals surface area contributed by atoms with Gasteiger partial charge >= 0.3 is 0 Å². The highest BCUT2D eigenvalue weighted by atomic mass is 19.1. The predicted octanol–water partition coefficient (Wildman–Crippen LogP) is 7.00. The van der Waals surface area contributed by atoms with Crippen molar-refractivity contribution in [1.82, 2.24) is 10.2 Å². The van der Waals surface area contributed by atoms with E-state index in [2.05, 4.69) is 24.0 Å². The van der Waals surface area contributed by atoms with Gasteiger partial charge in [-0.15, -0.1) is 10.2 Å². The second kappa shape index (κ2) is 11.3. The molecule has 0 unspecified atom stereocenters. The lowest BCUT2D eigenvalue weighted by atomic mass is 9.80. The fourth-order valence-electron chi connectivity index (χ4n) is 4.14. The van der Waals surface area contributed by atoms with Crippen LogP contribution in [0.5, 0.6) is 5.88 Å². The van der Waals surface area contributed by atoms with Crippen molar-refractivity contribution in [2.75, 3.05) is 6.61 Å². The van der Waals surface area contributed by atoms with Crippen LogP contribution in [0.15, 0.2) is 30.3 Å². The molecule has 1 aromatic heterocycles. The number of ether oxygens (including phenoxy) is 1. The molecule has 158 valence electrons. The first-order valence-electron chi connectivity index (χ1n) is 11.4. The Labute approximate surface area is 175 Å². The van der Waals surface area contributed by atoms with Gasteiger partial charge in [0.15, 0.2) is 0 Å². The van der Waals surface area contributed by atoms with Gasteiger partial charge < -0.3 is 4.74 Å². The van der Waals surface area contributed by atoms with Crippen LogP contribution >= 0.6 is 0 Å². The third-order valence-electron chi connectivity index (χ3n) is 6.19. The van der Waals surface area contributed by atoms with E-state index in [-0.39, 0.29) is 5.82 Å². The van der Waals surface area contributed by atoms with Crippen molar-refractivity contribution in [3.8, 4) is 17.1 Å². The van der Waals surface area contributed by atoms with Gasteiger partial charge in [0.2, 0.25) is 5.88 Å². The highest BCUT2D eigenvalue weighted by Gasteiger charge is 2.18. The summed E-state index contributed by atoms with van der Waals surface area (Å²) < 4.78 is 20.3. The van der Waals surface area contributed by atoms with Gasteiger partial charge in [0, 0.05) is 11.6 Å². The fraction of sp³-hybridized carbons (Fsp3) is 0.600. The Bertz CT molecular complexity index is 739. The molecule has 1 fully saturated rings. The van der Waals surface area contributed by atoms with E-state index in [0.29, 0.717) is 18.2 Å². The number of unbranched alkanes of at least 4 members (excludes halogenated alkanes) is 3. The Balaban J connectivity index is 1.51. The zero-order chi connectivity index (χ0) is 20.5.